The molecule has 1 aromatic carbocycles. The van der Waals surface area contributed by atoms with Crippen molar-refractivity contribution < 1.29 is 19.2 Å². The number of halogens is 1. The van der Waals surface area contributed by atoms with Gasteiger partial charge in [0.05, 0.1) is 19.1 Å². The Balaban J connectivity index is 1.38. The van der Waals surface area contributed by atoms with Crippen LogP contribution in [0.2, 0.25) is 5.02 Å². The number of benzene rings is 1. The summed E-state index contributed by atoms with van der Waals surface area (Å²) in [4.78, 5) is 32.7. The fourth-order valence-electron chi connectivity index (χ4n) is 3.91. The molecule has 2 amide bonds. The highest BCUT2D eigenvalue weighted by Crippen LogP contribution is 2.34. The SMILES string of the molecule is O=C(Nc1cccc(Cl)c1)C1=NOC2(CCCN(C(=O)C3CCOC3)C2)C1. The summed E-state index contributed by atoms with van der Waals surface area (Å²) in [5, 5.41) is 7.37. The van der Waals surface area contributed by atoms with Crippen LogP contribution < -0.4 is 5.32 Å². The largest absolute Gasteiger partial charge is 0.386 e. The number of carbonyl (C=O) groups is 2. The van der Waals surface area contributed by atoms with E-state index in [0.29, 0.717) is 49.1 Å². The first-order valence-corrected chi connectivity index (χ1v) is 9.61. The van der Waals surface area contributed by atoms with E-state index < -0.39 is 5.60 Å². The minimum atomic E-state index is -0.603. The first kappa shape index (κ1) is 18.3. The number of piperidine rings is 1. The Kier molecular flexibility index (Phi) is 5.06. The number of nitrogens with zero attached hydrogens (tertiary/aromatic N) is 2. The van der Waals surface area contributed by atoms with Crippen LogP contribution in [0.15, 0.2) is 29.4 Å². The van der Waals surface area contributed by atoms with Crippen molar-refractivity contribution in [3.8, 4) is 0 Å². The second-order valence-corrected chi connectivity index (χ2v) is 7.81. The summed E-state index contributed by atoms with van der Waals surface area (Å²) in [5.74, 6) is -0.248. The van der Waals surface area contributed by atoms with Crippen LogP contribution in [0.4, 0.5) is 5.69 Å². The molecule has 0 radical (unpaired) electrons. The zero-order valence-corrected chi connectivity index (χ0v) is 15.7. The molecular formula is C19H22ClN3O4. The van der Waals surface area contributed by atoms with Crippen LogP contribution in [0.25, 0.3) is 0 Å². The van der Waals surface area contributed by atoms with Crippen molar-refractivity contribution in [2.24, 2.45) is 11.1 Å². The number of carbonyl (C=O) groups excluding carboxylic acids is 2. The average molecular weight is 392 g/mol. The molecule has 27 heavy (non-hydrogen) atoms. The smallest absolute Gasteiger partial charge is 0.273 e. The van der Waals surface area contributed by atoms with Crippen LogP contribution in [-0.2, 0) is 19.2 Å². The molecule has 144 valence electrons. The lowest BCUT2D eigenvalue weighted by atomic mass is 9.87. The number of nitrogens with one attached hydrogen (secondary N) is 1. The third kappa shape index (κ3) is 3.94. The zero-order chi connectivity index (χ0) is 18.9. The molecule has 2 unspecified atom stereocenters. The normalized spacial score (nSPS) is 27.4. The lowest BCUT2D eigenvalue weighted by molar-refractivity contribution is -0.144. The molecule has 2 atom stereocenters. The summed E-state index contributed by atoms with van der Waals surface area (Å²) in [5.41, 5.74) is 0.347. The number of rotatable bonds is 3. The molecule has 3 aliphatic heterocycles. The summed E-state index contributed by atoms with van der Waals surface area (Å²) < 4.78 is 5.34. The molecule has 0 aliphatic carbocycles. The van der Waals surface area contributed by atoms with Gasteiger partial charge >= 0.3 is 0 Å². The summed E-state index contributed by atoms with van der Waals surface area (Å²) in [6.45, 7) is 2.31. The van der Waals surface area contributed by atoms with E-state index in [4.69, 9.17) is 21.2 Å². The average Bonchev–Trinajstić information content (AvgIpc) is 3.32. The predicted octanol–water partition coefficient (Wildman–Crippen LogP) is 2.45. The third-order valence-electron chi connectivity index (χ3n) is 5.31. The van der Waals surface area contributed by atoms with Gasteiger partial charge in [-0.1, -0.05) is 22.8 Å². The fourth-order valence-corrected chi connectivity index (χ4v) is 4.10. The van der Waals surface area contributed by atoms with E-state index in [0.717, 1.165) is 19.3 Å². The lowest BCUT2D eigenvalue weighted by Gasteiger charge is -2.39. The summed E-state index contributed by atoms with van der Waals surface area (Å²) in [6, 6.07) is 6.95. The van der Waals surface area contributed by atoms with Crippen LogP contribution in [0.5, 0.6) is 0 Å². The highest BCUT2D eigenvalue weighted by molar-refractivity contribution is 6.43. The summed E-state index contributed by atoms with van der Waals surface area (Å²) >= 11 is 5.95. The highest BCUT2D eigenvalue weighted by atomic mass is 35.5. The Bertz CT molecular complexity index is 778. The maximum atomic E-state index is 12.7. The molecule has 0 bridgehead atoms. The monoisotopic (exact) mass is 391 g/mol. The molecule has 7 nitrogen and oxygen atoms in total. The number of hydrogen-bond donors (Lipinski definition) is 1. The topological polar surface area (TPSA) is 80.2 Å². The maximum absolute atomic E-state index is 12.7. The van der Waals surface area contributed by atoms with Crippen molar-refractivity contribution in [3.63, 3.8) is 0 Å². The molecule has 0 aromatic heterocycles. The van der Waals surface area contributed by atoms with Gasteiger partial charge in [0.15, 0.2) is 5.60 Å². The number of amides is 2. The number of ether oxygens (including phenoxy) is 1. The number of anilines is 1. The van der Waals surface area contributed by atoms with E-state index in [1.165, 1.54) is 0 Å². The van der Waals surface area contributed by atoms with E-state index in [1.807, 2.05) is 4.90 Å². The van der Waals surface area contributed by atoms with Gasteiger partial charge in [-0.25, -0.2) is 0 Å². The van der Waals surface area contributed by atoms with Gasteiger partial charge in [0.2, 0.25) is 5.91 Å². The maximum Gasteiger partial charge on any atom is 0.273 e. The second kappa shape index (κ2) is 7.48. The van der Waals surface area contributed by atoms with E-state index >= 15 is 0 Å². The molecule has 3 heterocycles. The van der Waals surface area contributed by atoms with E-state index in [-0.39, 0.29) is 17.7 Å². The van der Waals surface area contributed by atoms with Gasteiger partial charge in [-0.05, 0) is 37.5 Å². The van der Waals surface area contributed by atoms with Crippen molar-refractivity contribution in [1.82, 2.24) is 4.90 Å². The van der Waals surface area contributed by atoms with Gasteiger partial charge in [-0.15, -0.1) is 0 Å². The van der Waals surface area contributed by atoms with Crippen LogP contribution in [0.3, 0.4) is 0 Å². The molecule has 1 aromatic rings. The van der Waals surface area contributed by atoms with Gasteiger partial charge in [0.1, 0.15) is 5.71 Å². The van der Waals surface area contributed by atoms with E-state index in [9.17, 15) is 9.59 Å². The summed E-state index contributed by atoms with van der Waals surface area (Å²) in [7, 11) is 0. The quantitative estimate of drug-likeness (QED) is 0.858. The molecule has 2 saturated heterocycles. The third-order valence-corrected chi connectivity index (χ3v) is 5.55. The van der Waals surface area contributed by atoms with Crippen molar-refractivity contribution in [1.29, 1.82) is 0 Å². The van der Waals surface area contributed by atoms with Gasteiger partial charge in [-0.3, -0.25) is 9.59 Å². The minimum absolute atomic E-state index is 0.0620. The van der Waals surface area contributed by atoms with Crippen molar-refractivity contribution in [3.05, 3.63) is 29.3 Å². The molecule has 0 saturated carbocycles. The molecule has 8 heteroatoms. The van der Waals surface area contributed by atoms with Gasteiger partial charge in [0.25, 0.3) is 5.91 Å². The Morgan fingerprint density at radius 3 is 3.04 bits per heavy atom. The van der Waals surface area contributed by atoms with Gasteiger partial charge in [-0.2, -0.15) is 0 Å². The highest BCUT2D eigenvalue weighted by Gasteiger charge is 2.46. The first-order chi connectivity index (χ1) is 13.0. The Labute approximate surface area is 162 Å². The first-order valence-electron chi connectivity index (χ1n) is 9.23. The Morgan fingerprint density at radius 1 is 1.37 bits per heavy atom. The van der Waals surface area contributed by atoms with Crippen molar-refractivity contribution in [2.75, 3.05) is 31.6 Å². The van der Waals surface area contributed by atoms with Crippen LogP contribution in [0, 0.1) is 5.92 Å². The zero-order valence-electron chi connectivity index (χ0n) is 14.9. The van der Waals surface area contributed by atoms with Crippen molar-refractivity contribution in [2.45, 2.75) is 31.3 Å². The molecule has 1 N–H and O–H groups in total. The van der Waals surface area contributed by atoms with Crippen molar-refractivity contribution >= 4 is 34.8 Å². The molecular weight excluding hydrogens is 370 g/mol. The Morgan fingerprint density at radius 2 is 2.26 bits per heavy atom. The number of oxime groups is 1. The number of hydrogen-bond acceptors (Lipinski definition) is 5. The number of likely N-dealkylation sites (tertiary alicyclic amines) is 1. The lowest BCUT2D eigenvalue weighted by Crippen LogP contribution is -2.52. The minimum Gasteiger partial charge on any atom is -0.386 e. The predicted molar refractivity (Wildman–Crippen MR) is 101 cm³/mol. The van der Waals surface area contributed by atoms with Gasteiger partial charge < -0.3 is 19.8 Å². The van der Waals surface area contributed by atoms with Crippen LogP contribution in [-0.4, -0.2) is 54.3 Å². The molecule has 4 rings (SSSR count). The van der Waals surface area contributed by atoms with E-state index in [1.54, 1.807) is 24.3 Å². The van der Waals surface area contributed by atoms with E-state index in [2.05, 4.69) is 10.5 Å². The second-order valence-electron chi connectivity index (χ2n) is 7.38. The molecule has 1 spiro atoms. The summed E-state index contributed by atoms with van der Waals surface area (Å²) in [6.07, 6.45) is 2.77. The standard InChI is InChI=1S/C19H22ClN3O4/c20-14-3-1-4-15(9-14)21-17(24)16-10-19(27-22-16)6-2-7-23(12-19)18(25)13-5-8-26-11-13/h1,3-4,9,13H,2,5-8,10-12H2,(H,21,24). The van der Waals surface area contributed by atoms with Gasteiger partial charge in [0, 0.05) is 30.3 Å². The molecule has 3 aliphatic rings. The Hall–Kier alpha value is -2.12. The fraction of sp³-hybridized carbons (Fsp3) is 0.526. The van der Waals surface area contributed by atoms with Crippen LogP contribution in [0.1, 0.15) is 25.7 Å². The van der Waals surface area contributed by atoms with Crippen LogP contribution >= 0.6 is 11.6 Å². The molecule has 2 fully saturated rings.